The van der Waals surface area contributed by atoms with Gasteiger partial charge in [0.15, 0.2) is 0 Å². The highest BCUT2D eigenvalue weighted by Crippen LogP contribution is 2.18. The molecule has 3 N–H and O–H groups in total. The summed E-state index contributed by atoms with van der Waals surface area (Å²) in [4.78, 5) is 22.8. The van der Waals surface area contributed by atoms with Crippen LogP contribution in [0.4, 0.5) is 4.79 Å². The van der Waals surface area contributed by atoms with Crippen LogP contribution in [0.25, 0.3) is 0 Å². The van der Waals surface area contributed by atoms with E-state index in [1.165, 1.54) is 0 Å². The van der Waals surface area contributed by atoms with Crippen LogP contribution >= 0.6 is 0 Å². The number of hydrogen-bond donors (Lipinski definition) is 3. The molecule has 5 heteroatoms. The van der Waals surface area contributed by atoms with Gasteiger partial charge in [-0.05, 0) is 18.3 Å². The van der Waals surface area contributed by atoms with Gasteiger partial charge in [-0.25, -0.2) is 9.59 Å². The van der Waals surface area contributed by atoms with Crippen LogP contribution < -0.4 is 10.6 Å². The van der Waals surface area contributed by atoms with E-state index in [0.29, 0.717) is 6.42 Å². The average molecular weight is 258 g/mol. The van der Waals surface area contributed by atoms with Gasteiger partial charge in [0, 0.05) is 6.04 Å². The minimum atomic E-state index is -0.997. The molecule has 0 saturated heterocycles. The summed E-state index contributed by atoms with van der Waals surface area (Å²) in [5.41, 5.74) is -0.0631. The third-order valence-corrected chi connectivity index (χ3v) is 3.41. The second-order valence-electron chi connectivity index (χ2n) is 5.91. The molecule has 1 unspecified atom stereocenters. The zero-order chi connectivity index (χ0) is 14.5. The summed E-state index contributed by atoms with van der Waals surface area (Å²) in [6.45, 7) is 11.7. The van der Waals surface area contributed by atoms with Crippen molar-refractivity contribution >= 4 is 12.0 Å². The van der Waals surface area contributed by atoms with Gasteiger partial charge in [0.1, 0.15) is 6.04 Å². The van der Waals surface area contributed by atoms with Gasteiger partial charge in [0.25, 0.3) is 0 Å². The Morgan fingerprint density at radius 1 is 1.17 bits per heavy atom. The fourth-order valence-electron chi connectivity index (χ4n) is 1.28. The number of carboxylic acid groups (broad SMARTS) is 1. The van der Waals surface area contributed by atoms with Gasteiger partial charge in [-0.15, -0.1) is 0 Å². The molecule has 0 saturated carbocycles. The summed E-state index contributed by atoms with van der Waals surface area (Å²) in [7, 11) is 0. The van der Waals surface area contributed by atoms with Crippen molar-refractivity contribution in [2.45, 2.75) is 60.0 Å². The fraction of sp³-hybridized carbons (Fsp3) is 0.846. The molecular weight excluding hydrogens is 232 g/mol. The highest BCUT2D eigenvalue weighted by atomic mass is 16.4. The molecule has 0 aliphatic carbocycles. The molecule has 0 aliphatic heterocycles. The summed E-state index contributed by atoms with van der Waals surface area (Å²) in [6.07, 6.45) is 0.700. The maximum absolute atomic E-state index is 11.7. The summed E-state index contributed by atoms with van der Waals surface area (Å²) in [5.74, 6) is -1.10. The highest BCUT2D eigenvalue weighted by molar-refractivity contribution is 5.82. The lowest BCUT2D eigenvalue weighted by atomic mass is 9.88. The van der Waals surface area contributed by atoms with Crippen molar-refractivity contribution in [3.8, 4) is 0 Å². The normalized spacial score (nSPS) is 16.6. The number of rotatable bonds is 5. The standard InChI is InChI=1S/C13H26N2O3/c1-7-8(2)10(11(16)17)15-12(18)14-9(3)13(4,5)6/h8-10H,7H2,1-6H3,(H,16,17)(H2,14,15,18)/t8-,9?,10-/m0/s1. The smallest absolute Gasteiger partial charge is 0.326 e. The Morgan fingerprint density at radius 3 is 2.00 bits per heavy atom. The first-order valence-electron chi connectivity index (χ1n) is 6.39. The minimum Gasteiger partial charge on any atom is -0.480 e. The first-order chi connectivity index (χ1) is 8.09. The maximum Gasteiger partial charge on any atom is 0.326 e. The van der Waals surface area contributed by atoms with E-state index in [9.17, 15) is 9.59 Å². The van der Waals surface area contributed by atoms with E-state index in [2.05, 4.69) is 10.6 Å². The van der Waals surface area contributed by atoms with Gasteiger partial charge in [-0.1, -0.05) is 41.0 Å². The molecule has 3 atom stereocenters. The molecule has 5 nitrogen and oxygen atoms in total. The molecule has 18 heavy (non-hydrogen) atoms. The number of carbonyl (C=O) groups excluding carboxylic acids is 1. The minimum absolute atomic E-state index is 0.0381. The van der Waals surface area contributed by atoms with Crippen molar-refractivity contribution in [3.05, 3.63) is 0 Å². The van der Waals surface area contributed by atoms with Crippen molar-refractivity contribution in [3.63, 3.8) is 0 Å². The van der Waals surface area contributed by atoms with Crippen molar-refractivity contribution < 1.29 is 14.7 Å². The lowest BCUT2D eigenvalue weighted by molar-refractivity contribution is -0.140. The average Bonchev–Trinajstić information content (AvgIpc) is 2.23. The number of aliphatic carboxylic acids is 1. The molecule has 106 valence electrons. The molecule has 0 aliphatic rings. The number of carboxylic acids is 1. The molecule has 0 radical (unpaired) electrons. The largest absolute Gasteiger partial charge is 0.480 e. The molecule has 2 amide bonds. The van der Waals surface area contributed by atoms with Crippen LogP contribution in [0.3, 0.4) is 0 Å². The van der Waals surface area contributed by atoms with Crippen LogP contribution in [0.15, 0.2) is 0 Å². The summed E-state index contributed by atoms with van der Waals surface area (Å²) < 4.78 is 0. The van der Waals surface area contributed by atoms with Crippen LogP contribution in [0.5, 0.6) is 0 Å². The predicted molar refractivity (Wildman–Crippen MR) is 71.5 cm³/mol. The Kier molecular flexibility index (Phi) is 6.15. The molecule has 0 bridgehead atoms. The summed E-state index contributed by atoms with van der Waals surface area (Å²) in [6, 6.07) is -1.31. The Bertz CT molecular complexity index is 297. The molecular formula is C13H26N2O3. The van der Waals surface area contributed by atoms with Crippen molar-refractivity contribution in [2.75, 3.05) is 0 Å². The van der Waals surface area contributed by atoms with E-state index in [0.717, 1.165) is 0 Å². The SMILES string of the molecule is CC[C@H](C)[C@H](NC(=O)NC(C)C(C)(C)C)C(=O)O. The van der Waals surface area contributed by atoms with Crippen LogP contribution in [0.1, 0.15) is 48.0 Å². The fourth-order valence-corrected chi connectivity index (χ4v) is 1.28. The maximum atomic E-state index is 11.7. The molecule has 0 spiro atoms. The first kappa shape index (κ1) is 16.7. The summed E-state index contributed by atoms with van der Waals surface area (Å²) >= 11 is 0. The number of carbonyl (C=O) groups is 2. The lowest BCUT2D eigenvalue weighted by Gasteiger charge is -2.29. The second kappa shape index (κ2) is 6.61. The molecule has 0 aromatic heterocycles. The van der Waals surface area contributed by atoms with Gasteiger partial charge in [0.05, 0.1) is 0 Å². The second-order valence-corrected chi connectivity index (χ2v) is 5.91. The van der Waals surface area contributed by atoms with E-state index in [4.69, 9.17) is 5.11 Å². The number of nitrogens with one attached hydrogen (secondary N) is 2. The van der Waals surface area contributed by atoms with E-state index >= 15 is 0 Å². The quantitative estimate of drug-likeness (QED) is 0.707. The Labute approximate surface area is 109 Å². The number of urea groups is 1. The third kappa shape index (κ3) is 5.38. The van der Waals surface area contributed by atoms with E-state index in [-0.39, 0.29) is 17.4 Å². The zero-order valence-corrected chi connectivity index (χ0v) is 12.2. The van der Waals surface area contributed by atoms with Crippen LogP contribution in [0.2, 0.25) is 0 Å². The van der Waals surface area contributed by atoms with Crippen molar-refractivity contribution in [1.29, 1.82) is 0 Å². The monoisotopic (exact) mass is 258 g/mol. The number of hydrogen-bond acceptors (Lipinski definition) is 2. The summed E-state index contributed by atoms with van der Waals surface area (Å²) in [5, 5.41) is 14.4. The molecule has 0 rings (SSSR count). The Hall–Kier alpha value is -1.26. The van der Waals surface area contributed by atoms with Crippen LogP contribution in [0, 0.1) is 11.3 Å². The van der Waals surface area contributed by atoms with E-state index < -0.39 is 18.0 Å². The lowest BCUT2D eigenvalue weighted by Crippen LogP contribution is -2.53. The topological polar surface area (TPSA) is 78.4 Å². The predicted octanol–water partition coefficient (Wildman–Crippen LogP) is 2.22. The Balaban J connectivity index is 4.49. The van der Waals surface area contributed by atoms with Gasteiger partial charge < -0.3 is 15.7 Å². The van der Waals surface area contributed by atoms with E-state index in [1.54, 1.807) is 0 Å². The zero-order valence-electron chi connectivity index (χ0n) is 12.2. The Morgan fingerprint density at radius 2 is 1.67 bits per heavy atom. The number of amides is 2. The highest BCUT2D eigenvalue weighted by Gasteiger charge is 2.27. The molecule has 0 aromatic rings. The van der Waals surface area contributed by atoms with Gasteiger partial charge in [-0.3, -0.25) is 0 Å². The van der Waals surface area contributed by atoms with Crippen LogP contribution in [-0.2, 0) is 4.79 Å². The van der Waals surface area contributed by atoms with Crippen LogP contribution in [-0.4, -0.2) is 29.2 Å². The first-order valence-corrected chi connectivity index (χ1v) is 6.39. The van der Waals surface area contributed by atoms with E-state index in [1.807, 2.05) is 41.5 Å². The van der Waals surface area contributed by atoms with Crippen molar-refractivity contribution in [1.82, 2.24) is 10.6 Å². The van der Waals surface area contributed by atoms with Gasteiger partial charge in [0.2, 0.25) is 0 Å². The molecule has 0 aromatic carbocycles. The molecule has 0 fully saturated rings. The molecule has 0 heterocycles. The van der Waals surface area contributed by atoms with Gasteiger partial charge in [-0.2, -0.15) is 0 Å². The third-order valence-electron chi connectivity index (χ3n) is 3.41. The van der Waals surface area contributed by atoms with Gasteiger partial charge >= 0.3 is 12.0 Å². The van der Waals surface area contributed by atoms with Crippen molar-refractivity contribution in [2.24, 2.45) is 11.3 Å².